The van der Waals surface area contributed by atoms with Crippen LogP contribution in [-0.4, -0.2) is 26.9 Å². The standard InChI is InChI=1S/C15H16N2O3S/c18-15(13-8-4-10-16-13)17-21(19,20)14-9-3-6-11-5-1-2-7-12(11)14/h1-3,5-7,9,13,16H,4,8,10H2,(H,17,18)/t13-/m0/s1. The largest absolute Gasteiger partial charge is 0.306 e. The lowest BCUT2D eigenvalue weighted by Crippen LogP contribution is -2.43. The average molecular weight is 304 g/mol. The van der Waals surface area contributed by atoms with Crippen LogP contribution in [0.1, 0.15) is 12.8 Å². The quantitative estimate of drug-likeness (QED) is 0.899. The van der Waals surface area contributed by atoms with E-state index in [4.69, 9.17) is 0 Å². The van der Waals surface area contributed by atoms with Gasteiger partial charge in [0.1, 0.15) is 0 Å². The first-order valence-electron chi connectivity index (χ1n) is 6.86. The molecule has 1 saturated heterocycles. The molecular weight excluding hydrogens is 288 g/mol. The lowest BCUT2D eigenvalue weighted by Gasteiger charge is -2.13. The first kappa shape index (κ1) is 14.0. The summed E-state index contributed by atoms with van der Waals surface area (Å²) in [6, 6.07) is 11.8. The fourth-order valence-corrected chi connectivity index (χ4v) is 3.85. The van der Waals surface area contributed by atoms with Gasteiger partial charge in [-0.25, -0.2) is 13.1 Å². The predicted octanol–water partition coefficient (Wildman–Crippen LogP) is 1.40. The molecule has 1 atom stereocenters. The Morgan fingerprint density at radius 2 is 1.90 bits per heavy atom. The Balaban J connectivity index is 1.95. The summed E-state index contributed by atoms with van der Waals surface area (Å²) >= 11 is 0. The van der Waals surface area contributed by atoms with E-state index in [-0.39, 0.29) is 4.90 Å². The van der Waals surface area contributed by atoms with Crippen LogP contribution in [0.4, 0.5) is 0 Å². The number of rotatable bonds is 3. The van der Waals surface area contributed by atoms with Crippen LogP contribution < -0.4 is 10.0 Å². The smallest absolute Gasteiger partial charge is 0.264 e. The van der Waals surface area contributed by atoms with Crippen LogP contribution >= 0.6 is 0 Å². The SMILES string of the molecule is O=C(NS(=O)(=O)c1cccc2ccccc12)[C@@H]1CCCN1. The highest BCUT2D eigenvalue weighted by Crippen LogP contribution is 2.22. The van der Waals surface area contributed by atoms with Crippen molar-refractivity contribution in [3.05, 3.63) is 42.5 Å². The van der Waals surface area contributed by atoms with Crippen LogP contribution in [0.25, 0.3) is 10.8 Å². The maximum Gasteiger partial charge on any atom is 0.264 e. The molecule has 2 aromatic carbocycles. The number of benzene rings is 2. The molecule has 0 aliphatic carbocycles. The minimum Gasteiger partial charge on any atom is -0.306 e. The van der Waals surface area contributed by atoms with E-state index in [2.05, 4.69) is 10.0 Å². The van der Waals surface area contributed by atoms with Crippen LogP contribution in [-0.2, 0) is 14.8 Å². The Bertz CT molecular complexity index is 775. The van der Waals surface area contributed by atoms with Crippen molar-refractivity contribution >= 4 is 26.7 Å². The molecule has 1 aliphatic rings. The van der Waals surface area contributed by atoms with E-state index in [0.29, 0.717) is 11.8 Å². The van der Waals surface area contributed by atoms with Gasteiger partial charge in [0, 0.05) is 5.39 Å². The summed E-state index contributed by atoms with van der Waals surface area (Å²) in [4.78, 5) is 12.1. The summed E-state index contributed by atoms with van der Waals surface area (Å²) in [6.07, 6.45) is 1.54. The number of sulfonamides is 1. The third-order valence-electron chi connectivity index (χ3n) is 3.65. The fourth-order valence-electron chi connectivity index (χ4n) is 2.60. The Labute approximate surface area is 123 Å². The summed E-state index contributed by atoms with van der Waals surface area (Å²) in [5.74, 6) is -0.486. The molecule has 6 heteroatoms. The van der Waals surface area contributed by atoms with Gasteiger partial charge in [0.05, 0.1) is 10.9 Å². The first-order chi connectivity index (χ1) is 10.1. The van der Waals surface area contributed by atoms with Crippen molar-refractivity contribution in [1.29, 1.82) is 0 Å². The van der Waals surface area contributed by atoms with Gasteiger partial charge in [-0.2, -0.15) is 0 Å². The molecule has 3 rings (SSSR count). The van der Waals surface area contributed by atoms with Crippen molar-refractivity contribution in [2.75, 3.05) is 6.54 Å². The molecule has 0 unspecified atom stereocenters. The number of hydrogen-bond acceptors (Lipinski definition) is 4. The molecule has 2 N–H and O–H groups in total. The summed E-state index contributed by atoms with van der Waals surface area (Å²) in [6.45, 7) is 0.742. The molecule has 2 aromatic rings. The summed E-state index contributed by atoms with van der Waals surface area (Å²) < 4.78 is 27.1. The van der Waals surface area contributed by atoms with Crippen LogP contribution in [0.5, 0.6) is 0 Å². The molecule has 0 bridgehead atoms. The molecule has 1 fully saturated rings. The molecule has 110 valence electrons. The number of amides is 1. The van der Waals surface area contributed by atoms with Gasteiger partial charge in [-0.1, -0.05) is 36.4 Å². The lowest BCUT2D eigenvalue weighted by atomic mass is 10.1. The maximum absolute atomic E-state index is 12.5. The van der Waals surface area contributed by atoms with Gasteiger partial charge in [-0.05, 0) is 30.8 Å². The van der Waals surface area contributed by atoms with E-state index >= 15 is 0 Å². The zero-order valence-corrected chi connectivity index (χ0v) is 12.2. The molecule has 1 heterocycles. The summed E-state index contributed by atoms with van der Waals surface area (Å²) in [5, 5.41) is 4.43. The third-order valence-corrected chi connectivity index (χ3v) is 5.06. The monoisotopic (exact) mass is 304 g/mol. The normalized spacial score (nSPS) is 18.8. The second kappa shape index (κ2) is 5.46. The lowest BCUT2D eigenvalue weighted by molar-refractivity contribution is -0.121. The van der Waals surface area contributed by atoms with Gasteiger partial charge in [-0.3, -0.25) is 4.79 Å². The zero-order chi connectivity index (χ0) is 14.9. The van der Waals surface area contributed by atoms with Crippen molar-refractivity contribution in [2.24, 2.45) is 0 Å². The topological polar surface area (TPSA) is 75.3 Å². The number of hydrogen-bond donors (Lipinski definition) is 2. The summed E-state index contributed by atoms with van der Waals surface area (Å²) in [5.41, 5.74) is 0. The Hall–Kier alpha value is -1.92. The molecule has 0 aromatic heterocycles. The Morgan fingerprint density at radius 3 is 2.67 bits per heavy atom. The van der Waals surface area contributed by atoms with Crippen LogP contribution in [0, 0.1) is 0 Å². The number of carbonyl (C=O) groups excluding carboxylic acids is 1. The average Bonchev–Trinajstić information content (AvgIpc) is 3.00. The van der Waals surface area contributed by atoms with Crippen molar-refractivity contribution in [1.82, 2.24) is 10.0 Å². The van der Waals surface area contributed by atoms with Crippen molar-refractivity contribution in [2.45, 2.75) is 23.8 Å². The maximum atomic E-state index is 12.5. The molecular formula is C15H16N2O3S. The molecule has 21 heavy (non-hydrogen) atoms. The second-order valence-corrected chi connectivity index (χ2v) is 6.75. The highest BCUT2D eigenvalue weighted by atomic mass is 32.2. The molecule has 0 spiro atoms. The Kier molecular flexibility index (Phi) is 3.65. The van der Waals surface area contributed by atoms with Gasteiger partial charge >= 0.3 is 0 Å². The fraction of sp³-hybridized carbons (Fsp3) is 0.267. The first-order valence-corrected chi connectivity index (χ1v) is 8.34. The third kappa shape index (κ3) is 2.77. The van der Waals surface area contributed by atoms with E-state index in [1.165, 1.54) is 6.07 Å². The Morgan fingerprint density at radius 1 is 1.14 bits per heavy atom. The second-order valence-electron chi connectivity index (χ2n) is 5.10. The van der Waals surface area contributed by atoms with Gasteiger partial charge < -0.3 is 5.32 Å². The molecule has 1 amide bonds. The minimum atomic E-state index is -3.86. The van der Waals surface area contributed by atoms with Gasteiger partial charge in [-0.15, -0.1) is 0 Å². The predicted molar refractivity (Wildman–Crippen MR) is 80.3 cm³/mol. The van der Waals surface area contributed by atoms with Gasteiger partial charge in [0.15, 0.2) is 0 Å². The van der Waals surface area contributed by atoms with Crippen molar-refractivity contribution in [3.8, 4) is 0 Å². The van der Waals surface area contributed by atoms with Gasteiger partial charge in [0.2, 0.25) is 0 Å². The van der Waals surface area contributed by atoms with Crippen LogP contribution in [0.15, 0.2) is 47.4 Å². The number of carbonyl (C=O) groups is 1. The molecule has 5 nitrogen and oxygen atoms in total. The number of nitrogens with one attached hydrogen (secondary N) is 2. The van der Waals surface area contributed by atoms with E-state index in [1.807, 2.05) is 18.2 Å². The van der Waals surface area contributed by atoms with E-state index in [9.17, 15) is 13.2 Å². The van der Waals surface area contributed by atoms with E-state index in [1.54, 1.807) is 18.2 Å². The highest BCUT2D eigenvalue weighted by Gasteiger charge is 2.27. The van der Waals surface area contributed by atoms with E-state index in [0.717, 1.165) is 18.4 Å². The highest BCUT2D eigenvalue weighted by molar-refractivity contribution is 7.90. The molecule has 0 radical (unpaired) electrons. The van der Waals surface area contributed by atoms with E-state index < -0.39 is 22.0 Å². The number of fused-ring (bicyclic) bond motifs is 1. The van der Waals surface area contributed by atoms with Crippen molar-refractivity contribution < 1.29 is 13.2 Å². The minimum absolute atomic E-state index is 0.131. The summed E-state index contributed by atoms with van der Waals surface area (Å²) in [7, 11) is -3.86. The molecule has 0 saturated carbocycles. The van der Waals surface area contributed by atoms with Crippen molar-refractivity contribution in [3.63, 3.8) is 0 Å². The zero-order valence-electron chi connectivity index (χ0n) is 11.4. The van der Waals surface area contributed by atoms with Crippen LogP contribution in [0.2, 0.25) is 0 Å². The van der Waals surface area contributed by atoms with Crippen LogP contribution in [0.3, 0.4) is 0 Å². The van der Waals surface area contributed by atoms with Gasteiger partial charge in [0.25, 0.3) is 15.9 Å². The molecule has 1 aliphatic heterocycles.